The predicted molar refractivity (Wildman–Crippen MR) is 148 cm³/mol. The van der Waals surface area contributed by atoms with Crippen LogP contribution >= 0.6 is 0 Å². The molecule has 9 heteroatoms. The van der Waals surface area contributed by atoms with Crippen molar-refractivity contribution in [2.45, 2.75) is 70.1 Å². The van der Waals surface area contributed by atoms with Gasteiger partial charge in [0.1, 0.15) is 17.5 Å². The Morgan fingerprint density at radius 2 is 1.85 bits per heavy atom. The molecule has 7 nitrogen and oxygen atoms in total. The quantitative estimate of drug-likeness (QED) is 0.325. The van der Waals surface area contributed by atoms with Crippen LogP contribution in [0, 0.1) is 17.6 Å². The van der Waals surface area contributed by atoms with Crippen LogP contribution in [0.1, 0.15) is 67.5 Å². The van der Waals surface area contributed by atoms with Crippen molar-refractivity contribution in [3.8, 4) is 11.3 Å². The van der Waals surface area contributed by atoms with Crippen molar-refractivity contribution < 1.29 is 18.3 Å². The molecule has 0 bridgehead atoms. The van der Waals surface area contributed by atoms with Crippen molar-refractivity contribution >= 4 is 5.52 Å². The summed E-state index contributed by atoms with van der Waals surface area (Å²) in [6.45, 7) is 3.69. The van der Waals surface area contributed by atoms with Crippen LogP contribution in [0.5, 0.6) is 0 Å². The molecule has 1 aliphatic heterocycles. The van der Waals surface area contributed by atoms with Gasteiger partial charge in [-0.15, -0.1) is 0 Å². The van der Waals surface area contributed by atoms with E-state index in [1.165, 1.54) is 17.7 Å². The van der Waals surface area contributed by atoms with Gasteiger partial charge >= 0.3 is 0 Å². The van der Waals surface area contributed by atoms with Gasteiger partial charge in [0, 0.05) is 38.1 Å². The van der Waals surface area contributed by atoms with Gasteiger partial charge in [0.15, 0.2) is 0 Å². The molecule has 1 aliphatic carbocycles. The van der Waals surface area contributed by atoms with Crippen LogP contribution in [-0.4, -0.2) is 44.9 Å². The molecule has 1 saturated heterocycles. The third kappa shape index (κ3) is 5.77. The average molecular weight is 548 g/mol. The number of benzene rings is 1. The Morgan fingerprint density at radius 3 is 2.62 bits per heavy atom. The lowest BCUT2D eigenvalue weighted by molar-refractivity contribution is -0.0391. The first-order valence-electron chi connectivity index (χ1n) is 14.1. The summed E-state index contributed by atoms with van der Waals surface area (Å²) >= 11 is 0. The third-order valence-electron chi connectivity index (χ3n) is 8.18. The Balaban J connectivity index is 1.26. The summed E-state index contributed by atoms with van der Waals surface area (Å²) in [4.78, 5) is 8.98. The molecular weight excluding hydrogens is 512 g/mol. The number of halogens is 2. The first kappa shape index (κ1) is 26.9. The highest BCUT2D eigenvalue weighted by Gasteiger charge is 2.27. The maximum absolute atomic E-state index is 15.3. The lowest BCUT2D eigenvalue weighted by atomic mass is 9.75. The SMILES string of the molecule is C[C@@H]1C[C@H](N)C[C@H](c2ccncc2Cc2ncc3ccc(-c4c(F)cc(COC5CCOCC5)cc4F)nn23)C1. The molecule has 1 saturated carbocycles. The summed E-state index contributed by atoms with van der Waals surface area (Å²) < 4.78 is 43.4. The molecule has 4 heterocycles. The van der Waals surface area contributed by atoms with Crippen molar-refractivity contribution in [2.75, 3.05) is 13.2 Å². The smallest absolute Gasteiger partial charge is 0.135 e. The molecule has 6 rings (SSSR count). The van der Waals surface area contributed by atoms with Crippen molar-refractivity contribution in [3.05, 3.63) is 83.1 Å². The number of fused-ring (bicyclic) bond motifs is 1. The zero-order chi connectivity index (χ0) is 27.6. The number of nitrogens with two attached hydrogens (primary N) is 1. The fourth-order valence-electron chi connectivity index (χ4n) is 6.26. The molecule has 40 heavy (non-hydrogen) atoms. The summed E-state index contributed by atoms with van der Waals surface area (Å²) in [6, 6.07) is 8.34. The standard InChI is InChI=1S/C31H35F2N5O2/c1-19-10-21(14-23(34)11-19)26-4-7-35-16-22(26)15-30-36-17-24-2-3-29(37-38(24)30)31-27(32)12-20(13-28(31)33)18-40-25-5-8-39-9-6-25/h2-4,7,12-13,16-17,19,21,23,25H,5-6,8-11,14-15,18,34H2,1H3/t19-,21+,23-/m0/s1. The van der Waals surface area contributed by atoms with E-state index in [9.17, 15) is 0 Å². The van der Waals surface area contributed by atoms with E-state index in [1.807, 2.05) is 12.4 Å². The minimum atomic E-state index is -0.670. The van der Waals surface area contributed by atoms with Crippen LogP contribution in [0.3, 0.4) is 0 Å². The molecule has 2 N–H and O–H groups in total. The molecule has 0 unspecified atom stereocenters. The van der Waals surface area contributed by atoms with E-state index in [-0.39, 0.29) is 30.0 Å². The molecule has 3 aromatic heterocycles. The molecule has 2 aliphatic rings. The normalized spacial score (nSPS) is 22.1. The zero-order valence-corrected chi connectivity index (χ0v) is 22.7. The molecular formula is C31H35F2N5O2. The van der Waals surface area contributed by atoms with Crippen LogP contribution in [0.2, 0.25) is 0 Å². The van der Waals surface area contributed by atoms with Crippen LogP contribution in [-0.2, 0) is 22.5 Å². The highest BCUT2D eigenvalue weighted by molar-refractivity contribution is 5.63. The number of nitrogens with zero attached hydrogens (tertiary/aromatic N) is 4. The Hall–Kier alpha value is -3.27. The van der Waals surface area contributed by atoms with E-state index < -0.39 is 11.6 Å². The maximum atomic E-state index is 15.3. The van der Waals surface area contributed by atoms with Crippen molar-refractivity contribution in [2.24, 2.45) is 11.7 Å². The first-order chi connectivity index (χ1) is 19.4. The second-order valence-electron chi connectivity index (χ2n) is 11.3. The maximum Gasteiger partial charge on any atom is 0.135 e. The fourth-order valence-corrected chi connectivity index (χ4v) is 6.26. The molecule has 1 aromatic carbocycles. The van der Waals surface area contributed by atoms with Gasteiger partial charge < -0.3 is 15.2 Å². The number of rotatable bonds is 7. The van der Waals surface area contributed by atoms with E-state index in [0.717, 1.165) is 43.2 Å². The van der Waals surface area contributed by atoms with Gasteiger partial charge in [-0.2, -0.15) is 5.10 Å². The van der Waals surface area contributed by atoms with Crippen molar-refractivity contribution in [1.82, 2.24) is 19.6 Å². The van der Waals surface area contributed by atoms with Crippen LogP contribution in [0.25, 0.3) is 16.8 Å². The zero-order valence-electron chi connectivity index (χ0n) is 22.7. The number of imidazole rings is 1. The molecule has 0 amide bonds. The lowest BCUT2D eigenvalue weighted by Crippen LogP contribution is -2.31. The summed E-state index contributed by atoms with van der Waals surface area (Å²) in [5.41, 5.74) is 9.91. The monoisotopic (exact) mass is 547 g/mol. The molecule has 210 valence electrons. The van der Waals surface area contributed by atoms with Crippen LogP contribution in [0.4, 0.5) is 8.78 Å². The van der Waals surface area contributed by atoms with Gasteiger partial charge in [-0.25, -0.2) is 18.3 Å². The molecule has 0 spiro atoms. The molecule has 0 radical (unpaired) electrons. The number of aromatic nitrogens is 4. The highest BCUT2D eigenvalue weighted by atomic mass is 19.1. The second kappa shape index (κ2) is 11.7. The van der Waals surface area contributed by atoms with Gasteiger partial charge in [-0.1, -0.05) is 6.92 Å². The summed E-state index contributed by atoms with van der Waals surface area (Å²) in [7, 11) is 0. The lowest BCUT2D eigenvalue weighted by Gasteiger charge is -2.32. The Labute approximate surface area is 232 Å². The Kier molecular flexibility index (Phi) is 7.87. The van der Waals surface area contributed by atoms with E-state index in [1.54, 1.807) is 22.8 Å². The topological polar surface area (TPSA) is 87.6 Å². The fraction of sp³-hybridized carbons (Fsp3) is 0.452. The number of ether oxygens (including phenoxy) is 2. The summed E-state index contributed by atoms with van der Waals surface area (Å²) in [5, 5.41) is 4.63. The van der Waals surface area contributed by atoms with E-state index in [4.69, 9.17) is 15.2 Å². The number of pyridine rings is 1. The van der Waals surface area contributed by atoms with Gasteiger partial charge in [-0.05, 0) is 91.0 Å². The van der Waals surface area contributed by atoms with Gasteiger partial charge in [0.2, 0.25) is 0 Å². The number of hydrogen-bond acceptors (Lipinski definition) is 6. The van der Waals surface area contributed by atoms with Crippen molar-refractivity contribution in [3.63, 3.8) is 0 Å². The molecule has 2 fully saturated rings. The minimum Gasteiger partial charge on any atom is -0.381 e. The summed E-state index contributed by atoms with van der Waals surface area (Å²) in [6.07, 6.45) is 10.6. The largest absolute Gasteiger partial charge is 0.381 e. The Morgan fingerprint density at radius 1 is 1.05 bits per heavy atom. The average Bonchev–Trinajstić information content (AvgIpc) is 3.34. The highest BCUT2D eigenvalue weighted by Crippen LogP contribution is 2.37. The van der Waals surface area contributed by atoms with Crippen LogP contribution in [0.15, 0.2) is 48.9 Å². The molecule has 4 aromatic rings. The van der Waals surface area contributed by atoms with E-state index >= 15 is 8.78 Å². The second-order valence-corrected chi connectivity index (χ2v) is 11.3. The van der Waals surface area contributed by atoms with E-state index in [0.29, 0.717) is 42.9 Å². The van der Waals surface area contributed by atoms with Crippen LogP contribution < -0.4 is 5.73 Å². The van der Waals surface area contributed by atoms with Gasteiger partial charge in [-0.3, -0.25) is 4.98 Å². The Bertz CT molecular complexity index is 1450. The molecule has 3 atom stereocenters. The van der Waals surface area contributed by atoms with E-state index in [2.05, 4.69) is 28.1 Å². The van der Waals surface area contributed by atoms with Gasteiger partial charge in [0.25, 0.3) is 0 Å². The first-order valence-corrected chi connectivity index (χ1v) is 14.1. The minimum absolute atomic E-state index is 0.0434. The van der Waals surface area contributed by atoms with Crippen molar-refractivity contribution in [1.29, 1.82) is 0 Å². The predicted octanol–water partition coefficient (Wildman–Crippen LogP) is 5.59. The summed E-state index contributed by atoms with van der Waals surface area (Å²) in [5.74, 6) is 0.272. The van der Waals surface area contributed by atoms with Gasteiger partial charge in [0.05, 0.1) is 35.7 Å². The number of hydrogen-bond donors (Lipinski definition) is 1. The third-order valence-corrected chi connectivity index (χ3v) is 8.18.